The predicted molar refractivity (Wildman–Crippen MR) is 112 cm³/mol. The molecule has 2 atom stereocenters. The minimum absolute atomic E-state index is 0.179. The lowest BCUT2D eigenvalue weighted by molar-refractivity contribution is -0.143. The zero-order valence-electron chi connectivity index (χ0n) is 16.4. The van der Waals surface area contributed by atoms with E-state index in [2.05, 4.69) is 20.9 Å². The summed E-state index contributed by atoms with van der Waals surface area (Å²) in [7, 11) is 0. The normalized spacial score (nSPS) is 17.5. The molecule has 6 heteroatoms. The number of benzene rings is 1. The molecule has 1 unspecified atom stereocenters. The Labute approximate surface area is 175 Å². The molecule has 2 aromatic heterocycles. The maximum absolute atomic E-state index is 12.0. The number of aromatic nitrogens is 2. The summed E-state index contributed by atoms with van der Waals surface area (Å²) in [6.45, 7) is 0.676. The van der Waals surface area contributed by atoms with Gasteiger partial charge in [-0.3, -0.25) is 19.7 Å². The zero-order chi connectivity index (χ0) is 20.9. The third-order valence-electron chi connectivity index (χ3n) is 5.70. The summed E-state index contributed by atoms with van der Waals surface area (Å²) in [6.07, 6.45) is 8.53. The zero-order valence-corrected chi connectivity index (χ0v) is 16.4. The first-order chi connectivity index (χ1) is 14.7. The van der Waals surface area contributed by atoms with Gasteiger partial charge in [-0.25, -0.2) is 0 Å². The van der Waals surface area contributed by atoms with Crippen molar-refractivity contribution in [1.82, 2.24) is 14.9 Å². The quantitative estimate of drug-likeness (QED) is 0.680. The summed E-state index contributed by atoms with van der Waals surface area (Å²) in [5, 5.41) is 19.3. The van der Waals surface area contributed by atoms with E-state index in [4.69, 9.17) is 0 Å². The molecule has 1 saturated heterocycles. The molecule has 1 N–H and O–H groups in total. The summed E-state index contributed by atoms with van der Waals surface area (Å²) in [5.74, 6) is -0.994. The van der Waals surface area contributed by atoms with E-state index in [1.54, 1.807) is 18.5 Å². The second-order valence-corrected chi connectivity index (χ2v) is 7.47. The van der Waals surface area contributed by atoms with E-state index < -0.39 is 12.0 Å². The number of carbonyl (C=O) groups is 1. The number of carboxylic acid groups (broad SMARTS) is 1. The first kappa shape index (κ1) is 19.7. The van der Waals surface area contributed by atoms with Crippen LogP contribution >= 0.6 is 0 Å². The Morgan fingerprint density at radius 1 is 1.07 bits per heavy atom. The van der Waals surface area contributed by atoms with Gasteiger partial charge in [-0.1, -0.05) is 24.3 Å². The van der Waals surface area contributed by atoms with Crippen LogP contribution in [0.3, 0.4) is 0 Å². The van der Waals surface area contributed by atoms with Crippen LogP contribution in [0.15, 0.2) is 73.3 Å². The van der Waals surface area contributed by atoms with Gasteiger partial charge in [0.1, 0.15) is 6.04 Å². The molecule has 0 radical (unpaired) electrons. The minimum Gasteiger partial charge on any atom is -0.480 e. The van der Waals surface area contributed by atoms with Gasteiger partial charge in [0.05, 0.1) is 11.6 Å². The molecule has 3 aromatic rings. The number of pyridine rings is 2. The molecule has 0 amide bonds. The van der Waals surface area contributed by atoms with Crippen LogP contribution in [0.4, 0.5) is 0 Å². The summed E-state index contributed by atoms with van der Waals surface area (Å²) in [5.41, 5.74) is 3.43. The summed E-state index contributed by atoms with van der Waals surface area (Å²) in [4.78, 5) is 22.7. The first-order valence-corrected chi connectivity index (χ1v) is 9.97. The van der Waals surface area contributed by atoms with E-state index in [1.807, 2.05) is 54.9 Å². The topological polar surface area (TPSA) is 90.1 Å². The molecule has 4 rings (SSSR count). The number of hydrogen-bond donors (Lipinski definition) is 1. The summed E-state index contributed by atoms with van der Waals surface area (Å²) >= 11 is 0. The Bertz CT molecular complexity index is 1010. The maximum atomic E-state index is 12.0. The van der Waals surface area contributed by atoms with Crippen molar-refractivity contribution in [2.24, 2.45) is 0 Å². The standard InChI is InChI=1S/C24H22N4O2/c25-14-17-5-1-6-18(13-17)23(28-12-4-9-21(28)24(29)30)22(19-7-2-10-26-15-19)20-8-3-11-27-16-20/h1-3,5-8,10-11,13,15-16,21-23H,4,9,12H2,(H,29,30)/t21-,23?/m0/s1. The average molecular weight is 398 g/mol. The van der Waals surface area contributed by atoms with Crippen molar-refractivity contribution in [2.45, 2.75) is 30.8 Å². The molecule has 0 bridgehead atoms. The highest BCUT2D eigenvalue weighted by atomic mass is 16.4. The highest BCUT2D eigenvalue weighted by Gasteiger charge is 2.40. The first-order valence-electron chi connectivity index (χ1n) is 9.97. The van der Waals surface area contributed by atoms with Gasteiger partial charge >= 0.3 is 5.97 Å². The number of hydrogen-bond acceptors (Lipinski definition) is 5. The highest BCUT2D eigenvalue weighted by Crippen LogP contribution is 2.43. The largest absolute Gasteiger partial charge is 0.480 e. The van der Waals surface area contributed by atoms with Crippen molar-refractivity contribution in [3.8, 4) is 6.07 Å². The maximum Gasteiger partial charge on any atom is 0.320 e. The predicted octanol–water partition coefficient (Wildman–Crippen LogP) is 3.77. The Kier molecular flexibility index (Phi) is 5.82. The van der Waals surface area contributed by atoms with E-state index in [1.165, 1.54) is 0 Å². The van der Waals surface area contributed by atoms with Crippen LogP contribution in [-0.4, -0.2) is 38.5 Å². The van der Waals surface area contributed by atoms with Crippen LogP contribution in [0.1, 0.15) is 47.1 Å². The van der Waals surface area contributed by atoms with Crippen molar-refractivity contribution >= 4 is 5.97 Å². The van der Waals surface area contributed by atoms with Crippen LogP contribution < -0.4 is 0 Å². The lowest BCUT2D eigenvalue weighted by atomic mass is 9.81. The molecule has 1 aliphatic rings. The number of nitrogens with zero attached hydrogens (tertiary/aromatic N) is 4. The molecule has 6 nitrogen and oxygen atoms in total. The van der Waals surface area contributed by atoms with E-state index in [9.17, 15) is 15.2 Å². The second-order valence-electron chi connectivity index (χ2n) is 7.47. The van der Waals surface area contributed by atoms with Gasteiger partial charge in [0.25, 0.3) is 0 Å². The molecular weight excluding hydrogens is 376 g/mol. The fourth-order valence-electron chi connectivity index (χ4n) is 4.43. The van der Waals surface area contributed by atoms with E-state index in [0.717, 1.165) is 23.1 Å². The van der Waals surface area contributed by atoms with Gasteiger partial charge in [-0.05, 0) is 60.3 Å². The summed E-state index contributed by atoms with van der Waals surface area (Å²) in [6, 6.07) is 16.6. The smallest absolute Gasteiger partial charge is 0.320 e. The van der Waals surface area contributed by atoms with Crippen LogP contribution in [0, 0.1) is 11.3 Å². The lowest BCUT2D eigenvalue weighted by Gasteiger charge is -2.37. The lowest BCUT2D eigenvalue weighted by Crippen LogP contribution is -2.41. The number of nitriles is 1. The average Bonchev–Trinajstić information content (AvgIpc) is 3.28. The van der Waals surface area contributed by atoms with Crippen molar-refractivity contribution < 1.29 is 9.90 Å². The highest BCUT2D eigenvalue weighted by molar-refractivity contribution is 5.74. The third-order valence-corrected chi connectivity index (χ3v) is 5.70. The van der Waals surface area contributed by atoms with Crippen LogP contribution in [-0.2, 0) is 4.79 Å². The molecule has 0 aliphatic carbocycles. The van der Waals surface area contributed by atoms with Crippen LogP contribution in [0.25, 0.3) is 0 Å². The van der Waals surface area contributed by atoms with Gasteiger partial charge in [0, 0.05) is 36.7 Å². The third kappa shape index (κ3) is 3.93. The molecule has 150 valence electrons. The van der Waals surface area contributed by atoms with Crippen molar-refractivity contribution in [3.05, 3.63) is 95.6 Å². The van der Waals surface area contributed by atoms with Crippen LogP contribution in [0.2, 0.25) is 0 Å². The van der Waals surface area contributed by atoms with E-state index in [-0.39, 0.29) is 12.0 Å². The van der Waals surface area contributed by atoms with Crippen LogP contribution in [0.5, 0.6) is 0 Å². The van der Waals surface area contributed by atoms with Crippen molar-refractivity contribution in [2.75, 3.05) is 6.54 Å². The molecule has 30 heavy (non-hydrogen) atoms. The second kappa shape index (κ2) is 8.85. The van der Waals surface area contributed by atoms with Gasteiger partial charge in [-0.15, -0.1) is 0 Å². The molecule has 1 aromatic carbocycles. The monoisotopic (exact) mass is 398 g/mol. The Morgan fingerprint density at radius 3 is 2.30 bits per heavy atom. The van der Waals surface area contributed by atoms with E-state index in [0.29, 0.717) is 18.5 Å². The van der Waals surface area contributed by atoms with Crippen molar-refractivity contribution in [3.63, 3.8) is 0 Å². The number of rotatable bonds is 6. The van der Waals surface area contributed by atoms with Gasteiger partial charge in [0.2, 0.25) is 0 Å². The fraction of sp³-hybridized carbons (Fsp3) is 0.250. The Morgan fingerprint density at radius 2 is 1.73 bits per heavy atom. The van der Waals surface area contributed by atoms with Crippen molar-refractivity contribution in [1.29, 1.82) is 5.26 Å². The Hall–Kier alpha value is -3.56. The molecular formula is C24H22N4O2. The number of likely N-dealkylation sites (tertiary alicyclic amines) is 1. The SMILES string of the molecule is N#Cc1cccc(C(C(c2cccnc2)c2cccnc2)N2CCC[C@H]2C(=O)O)c1. The molecule has 1 aliphatic heterocycles. The summed E-state index contributed by atoms with van der Waals surface area (Å²) < 4.78 is 0. The number of aliphatic carboxylic acids is 1. The Balaban J connectivity index is 1.92. The fourth-order valence-corrected chi connectivity index (χ4v) is 4.43. The van der Waals surface area contributed by atoms with Gasteiger partial charge < -0.3 is 5.11 Å². The van der Waals surface area contributed by atoms with E-state index >= 15 is 0 Å². The van der Waals surface area contributed by atoms with Gasteiger partial charge in [-0.2, -0.15) is 5.26 Å². The molecule has 1 fully saturated rings. The molecule has 0 spiro atoms. The molecule has 0 saturated carbocycles. The molecule has 3 heterocycles. The van der Waals surface area contributed by atoms with Gasteiger partial charge in [0.15, 0.2) is 0 Å². The minimum atomic E-state index is -0.815. The number of carboxylic acids is 1.